The fourth-order valence-corrected chi connectivity index (χ4v) is 2.90. The van der Waals surface area contributed by atoms with Crippen LogP contribution >= 0.6 is 11.3 Å². The van der Waals surface area contributed by atoms with Crippen molar-refractivity contribution in [1.82, 2.24) is 10.2 Å². The van der Waals surface area contributed by atoms with E-state index in [0.717, 1.165) is 31.7 Å². The maximum atomic E-state index is 12.8. The van der Waals surface area contributed by atoms with Crippen LogP contribution in [0.15, 0.2) is 36.4 Å². The number of aryl methyl sites for hydroxylation is 1. The summed E-state index contributed by atoms with van der Waals surface area (Å²) in [5.41, 5.74) is 1.14. The molecule has 0 saturated heterocycles. The third-order valence-electron chi connectivity index (χ3n) is 3.13. The zero-order valence-corrected chi connectivity index (χ0v) is 12.8. The molecule has 0 spiro atoms. The number of benzene rings is 1. The number of hydrogen-bond acceptors (Lipinski definition) is 3. The van der Waals surface area contributed by atoms with Gasteiger partial charge in [0.1, 0.15) is 5.82 Å². The van der Waals surface area contributed by atoms with Crippen LogP contribution in [0.25, 0.3) is 0 Å². The van der Waals surface area contributed by atoms with Crippen molar-refractivity contribution >= 4 is 11.3 Å². The van der Waals surface area contributed by atoms with Gasteiger partial charge in [0.2, 0.25) is 0 Å². The molecule has 2 aromatic rings. The number of thiophene rings is 1. The molecule has 0 saturated carbocycles. The Bertz CT molecular complexity index is 522. The van der Waals surface area contributed by atoms with Crippen molar-refractivity contribution in [1.29, 1.82) is 0 Å². The van der Waals surface area contributed by atoms with Gasteiger partial charge in [0.15, 0.2) is 0 Å². The first-order valence-electron chi connectivity index (χ1n) is 6.82. The van der Waals surface area contributed by atoms with E-state index in [1.807, 2.05) is 23.5 Å². The van der Waals surface area contributed by atoms with Crippen LogP contribution in [0.4, 0.5) is 4.39 Å². The van der Waals surface area contributed by atoms with E-state index in [9.17, 15) is 4.39 Å². The minimum absolute atomic E-state index is 0.177. The third kappa shape index (κ3) is 5.04. The summed E-state index contributed by atoms with van der Waals surface area (Å²) in [5, 5.41) is 3.45. The smallest absolute Gasteiger partial charge is 0.123 e. The number of halogens is 1. The minimum Gasteiger partial charge on any atom is -0.311 e. The SMILES string of the molecule is Cc1ccc(CNCCN(C)Cc2ccc(F)cc2)s1. The first-order valence-corrected chi connectivity index (χ1v) is 7.64. The molecule has 0 aliphatic carbocycles. The van der Waals surface area contributed by atoms with Crippen LogP contribution in [0.1, 0.15) is 15.3 Å². The number of likely N-dealkylation sites (N-methyl/N-ethyl adjacent to an activating group) is 1. The van der Waals surface area contributed by atoms with Crippen LogP contribution in [0.2, 0.25) is 0 Å². The molecule has 2 rings (SSSR count). The Kier molecular flexibility index (Phi) is 5.71. The van der Waals surface area contributed by atoms with E-state index in [1.165, 1.54) is 21.9 Å². The highest BCUT2D eigenvalue weighted by molar-refractivity contribution is 7.11. The van der Waals surface area contributed by atoms with Crippen molar-refractivity contribution in [3.8, 4) is 0 Å². The van der Waals surface area contributed by atoms with Crippen molar-refractivity contribution in [3.63, 3.8) is 0 Å². The predicted molar refractivity (Wildman–Crippen MR) is 83.5 cm³/mol. The van der Waals surface area contributed by atoms with Crippen molar-refractivity contribution in [3.05, 3.63) is 57.5 Å². The average Bonchev–Trinajstić information content (AvgIpc) is 2.83. The Morgan fingerprint density at radius 1 is 1.15 bits per heavy atom. The Labute approximate surface area is 124 Å². The van der Waals surface area contributed by atoms with Crippen molar-refractivity contribution in [2.45, 2.75) is 20.0 Å². The summed E-state index contributed by atoms with van der Waals surface area (Å²) in [7, 11) is 2.08. The lowest BCUT2D eigenvalue weighted by Crippen LogP contribution is -2.28. The summed E-state index contributed by atoms with van der Waals surface area (Å²) in [6.45, 7) is 5.84. The Hall–Kier alpha value is -1.23. The van der Waals surface area contributed by atoms with Gasteiger partial charge >= 0.3 is 0 Å². The van der Waals surface area contributed by atoms with Crippen LogP contribution in [-0.4, -0.2) is 25.0 Å². The van der Waals surface area contributed by atoms with Crippen molar-refractivity contribution < 1.29 is 4.39 Å². The minimum atomic E-state index is -0.177. The molecule has 20 heavy (non-hydrogen) atoms. The highest BCUT2D eigenvalue weighted by Gasteiger charge is 2.01. The molecule has 1 aromatic heterocycles. The molecule has 1 heterocycles. The van der Waals surface area contributed by atoms with Gasteiger partial charge in [-0.25, -0.2) is 4.39 Å². The summed E-state index contributed by atoms with van der Waals surface area (Å²) in [6.07, 6.45) is 0. The van der Waals surface area contributed by atoms with Gasteiger partial charge in [0, 0.05) is 35.9 Å². The molecule has 0 fully saturated rings. The van der Waals surface area contributed by atoms with Gasteiger partial charge in [-0.05, 0) is 43.8 Å². The second kappa shape index (κ2) is 7.53. The Morgan fingerprint density at radius 2 is 1.90 bits per heavy atom. The third-order valence-corrected chi connectivity index (χ3v) is 4.13. The van der Waals surface area contributed by atoms with E-state index in [2.05, 4.69) is 36.3 Å². The van der Waals surface area contributed by atoms with E-state index in [4.69, 9.17) is 0 Å². The lowest BCUT2D eigenvalue weighted by atomic mass is 10.2. The fraction of sp³-hybridized carbons (Fsp3) is 0.375. The van der Waals surface area contributed by atoms with Crippen LogP contribution in [0.5, 0.6) is 0 Å². The molecule has 0 radical (unpaired) electrons. The molecule has 0 aliphatic heterocycles. The van der Waals surface area contributed by atoms with Crippen LogP contribution in [0.3, 0.4) is 0 Å². The molecule has 4 heteroatoms. The number of rotatable bonds is 7. The maximum Gasteiger partial charge on any atom is 0.123 e. The molecule has 0 bridgehead atoms. The zero-order valence-electron chi connectivity index (χ0n) is 12.0. The van der Waals surface area contributed by atoms with E-state index in [1.54, 1.807) is 0 Å². The summed E-state index contributed by atoms with van der Waals surface area (Å²) in [5.74, 6) is -0.177. The summed E-state index contributed by atoms with van der Waals surface area (Å²) in [4.78, 5) is 4.97. The van der Waals surface area contributed by atoms with E-state index in [-0.39, 0.29) is 5.82 Å². The van der Waals surface area contributed by atoms with Crippen LogP contribution < -0.4 is 5.32 Å². The standard InChI is InChI=1S/C16H21FN2S/c1-13-3-8-16(20-13)11-18-9-10-19(2)12-14-4-6-15(17)7-5-14/h3-8,18H,9-12H2,1-2H3. The number of nitrogens with zero attached hydrogens (tertiary/aromatic N) is 1. The maximum absolute atomic E-state index is 12.8. The molecule has 0 aliphatic rings. The van der Waals surface area contributed by atoms with Gasteiger partial charge < -0.3 is 10.2 Å². The molecule has 0 atom stereocenters. The molecule has 1 N–H and O–H groups in total. The van der Waals surface area contributed by atoms with Crippen molar-refractivity contribution in [2.24, 2.45) is 0 Å². The normalized spacial score (nSPS) is 11.2. The van der Waals surface area contributed by atoms with Gasteiger partial charge in [-0.15, -0.1) is 11.3 Å². The molecular weight excluding hydrogens is 271 g/mol. The molecule has 2 nitrogen and oxygen atoms in total. The van der Waals surface area contributed by atoms with E-state index < -0.39 is 0 Å². The van der Waals surface area contributed by atoms with Gasteiger partial charge in [0.05, 0.1) is 0 Å². The number of nitrogens with one attached hydrogen (secondary N) is 1. The fourth-order valence-electron chi connectivity index (χ4n) is 2.04. The Morgan fingerprint density at radius 3 is 2.55 bits per heavy atom. The molecule has 0 amide bonds. The van der Waals surface area contributed by atoms with Gasteiger partial charge in [-0.2, -0.15) is 0 Å². The van der Waals surface area contributed by atoms with E-state index in [0.29, 0.717) is 0 Å². The molecule has 0 unspecified atom stereocenters. The zero-order chi connectivity index (χ0) is 14.4. The summed E-state index contributed by atoms with van der Waals surface area (Å²) >= 11 is 1.84. The second-order valence-electron chi connectivity index (χ2n) is 5.05. The Balaban J connectivity index is 1.65. The molecule has 108 valence electrons. The monoisotopic (exact) mass is 292 g/mol. The average molecular weight is 292 g/mol. The van der Waals surface area contributed by atoms with Gasteiger partial charge in [-0.1, -0.05) is 12.1 Å². The first kappa shape index (κ1) is 15.2. The topological polar surface area (TPSA) is 15.3 Å². The number of hydrogen-bond donors (Lipinski definition) is 1. The lowest BCUT2D eigenvalue weighted by molar-refractivity contribution is 0.324. The van der Waals surface area contributed by atoms with Crippen LogP contribution in [-0.2, 0) is 13.1 Å². The van der Waals surface area contributed by atoms with Crippen LogP contribution in [0, 0.1) is 12.7 Å². The quantitative estimate of drug-likeness (QED) is 0.787. The highest BCUT2D eigenvalue weighted by atomic mass is 32.1. The van der Waals surface area contributed by atoms with Gasteiger partial charge in [0.25, 0.3) is 0 Å². The molecular formula is C16H21FN2S. The largest absolute Gasteiger partial charge is 0.311 e. The first-order chi connectivity index (χ1) is 9.63. The van der Waals surface area contributed by atoms with E-state index >= 15 is 0 Å². The summed E-state index contributed by atoms with van der Waals surface area (Å²) in [6, 6.07) is 11.0. The van der Waals surface area contributed by atoms with Gasteiger partial charge in [-0.3, -0.25) is 0 Å². The van der Waals surface area contributed by atoms with Crippen molar-refractivity contribution in [2.75, 3.05) is 20.1 Å². The second-order valence-corrected chi connectivity index (χ2v) is 6.43. The predicted octanol–water partition coefficient (Wildman–Crippen LogP) is 3.42. The highest BCUT2D eigenvalue weighted by Crippen LogP contribution is 2.14. The summed E-state index contributed by atoms with van der Waals surface area (Å²) < 4.78 is 12.8. The molecule has 1 aromatic carbocycles. The lowest BCUT2D eigenvalue weighted by Gasteiger charge is -2.16.